The van der Waals surface area contributed by atoms with Crippen LogP contribution < -0.4 is 4.90 Å². The van der Waals surface area contributed by atoms with Gasteiger partial charge in [-0.1, -0.05) is 41.6 Å². The van der Waals surface area contributed by atoms with Crippen LogP contribution in [0.4, 0.5) is 11.4 Å². The second kappa shape index (κ2) is 5.35. The highest BCUT2D eigenvalue weighted by Gasteiger charge is 2.37. The second-order valence-electron chi connectivity index (χ2n) is 5.62. The van der Waals surface area contributed by atoms with Gasteiger partial charge in [-0.25, -0.2) is 4.79 Å². The van der Waals surface area contributed by atoms with E-state index in [0.29, 0.717) is 5.56 Å². The van der Waals surface area contributed by atoms with Crippen LogP contribution in [0.15, 0.2) is 59.8 Å². The van der Waals surface area contributed by atoms with Gasteiger partial charge >= 0.3 is 5.97 Å². The molecular weight excluding hydrogens is 292 g/mol. The summed E-state index contributed by atoms with van der Waals surface area (Å²) in [5, 5.41) is 3.86. The van der Waals surface area contributed by atoms with Gasteiger partial charge in [0.05, 0.1) is 11.6 Å². The van der Waals surface area contributed by atoms with E-state index in [-0.39, 0.29) is 23.5 Å². The number of anilines is 2. The highest BCUT2D eigenvalue weighted by Crippen LogP contribution is 2.36. The number of carbonyl (C=O) groups excluding carboxylic acids is 2. The lowest BCUT2D eigenvalue weighted by Crippen LogP contribution is -2.25. The van der Waals surface area contributed by atoms with Gasteiger partial charge in [-0.2, -0.15) is 0 Å². The predicted molar refractivity (Wildman–Crippen MR) is 85.4 cm³/mol. The number of nitrogens with zero attached hydrogens (tertiary/aromatic N) is 2. The first-order valence-corrected chi connectivity index (χ1v) is 7.53. The van der Waals surface area contributed by atoms with Crippen LogP contribution in [-0.4, -0.2) is 17.6 Å². The molecule has 0 spiro atoms. The van der Waals surface area contributed by atoms with Gasteiger partial charge in [0.15, 0.2) is 5.71 Å². The summed E-state index contributed by atoms with van der Waals surface area (Å²) < 4.78 is 0. The van der Waals surface area contributed by atoms with E-state index in [2.05, 4.69) is 5.16 Å². The summed E-state index contributed by atoms with van der Waals surface area (Å²) in [6.45, 7) is 0. The lowest BCUT2D eigenvalue weighted by molar-refractivity contribution is -0.145. The van der Waals surface area contributed by atoms with Crippen molar-refractivity contribution in [2.24, 2.45) is 11.1 Å². The molecule has 1 saturated carbocycles. The molecule has 5 heteroatoms. The lowest BCUT2D eigenvalue weighted by Gasteiger charge is -2.16. The minimum Gasteiger partial charge on any atom is -0.317 e. The van der Waals surface area contributed by atoms with Crippen molar-refractivity contribution in [2.75, 3.05) is 4.90 Å². The summed E-state index contributed by atoms with van der Waals surface area (Å²) in [4.78, 5) is 31.0. The Labute approximate surface area is 133 Å². The molecule has 0 N–H and O–H groups in total. The summed E-state index contributed by atoms with van der Waals surface area (Å²) in [5.74, 6) is -0.710. The van der Waals surface area contributed by atoms with Crippen molar-refractivity contribution in [3.8, 4) is 0 Å². The number of oxime groups is 1. The third kappa shape index (κ3) is 2.40. The van der Waals surface area contributed by atoms with Crippen LogP contribution in [0.3, 0.4) is 0 Å². The molecule has 1 aliphatic carbocycles. The standard InChI is InChI=1S/C18H14N2O3/c21-17-16(19-23-18(22)12-10-11-12)14-8-4-5-9-15(14)20(17)13-6-2-1-3-7-13/h1-9,12H,10-11H2/b19-16-. The number of fused-ring (bicyclic) bond motifs is 1. The van der Waals surface area contributed by atoms with E-state index in [9.17, 15) is 9.59 Å². The fraction of sp³-hybridized carbons (Fsp3) is 0.167. The van der Waals surface area contributed by atoms with Crippen molar-refractivity contribution in [1.29, 1.82) is 0 Å². The summed E-state index contributed by atoms with van der Waals surface area (Å²) in [6, 6.07) is 16.7. The van der Waals surface area contributed by atoms with E-state index in [1.165, 1.54) is 0 Å². The average Bonchev–Trinajstić information content (AvgIpc) is 3.39. The molecule has 0 aromatic heterocycles. The fourth-order valence-electron chi connectivity index (χ4n) is 2.61. The predicted octanol–water partition coefficient (Wildman–Crippen LogP) is 3.02. The van der Waals surface area contributed by atoms with Crippen molar-refractivity contribution in [3.63, 3.8) is 0 Å². The van der Waals surface area contributed by atoms with Crippen molar-refractivity contribution >= 4 is 29.0 Å². The first-order valence-electron chi connectivity index (χ1n) is 7.53. The third-order valence-corrected chi connectivity index (χ3v) is 3.96. The Hall–Kier alpha value is -2.95. The number of para-hydroxylation sites is 2. The average molecular weight is 306 g/mol. The molecule has 1 aliphatic heterocycles. The molecule has 1 fully saturated rings. The Morgan fingerprint density at radius 2 is 1.74 bits per heavy atom. The monoisotopic (exact) mass is 306 g/mol. The minimum absolute atomic E-state index is 0.0590. The largest absolute Gasteiger partial charge is 0.338 e. The first-order chi connectivity index (χ1) is 11.3. The van der Waals surface area contributed by atoms with Crippen LogP contribution >= 0.6 is 0 Å². The van der Waals surface area contributed by atoms with E-state index in [0.717, 1.165) is 24.2 Å². The SMILES string of the molecule is O=C(O/N=C1\C(=O)N(c2ccccc2)c2ccccc21)C1CC1. The number of hydrogen-bond donors (Lipinski definition) is 0. The summed E-state index contributed by atoms with van der Waals surface area (Å²) >= 11 is 0. The van der Waals surface area contributed by atoms with Crippen molar-refractivity contribution in [1.82, 2.24) is 0 Å². The first kappa shape index (κ1) is 13.7. The summed E-state index contributed by atoms with van der Waals surface area (Å²) in [6.07, 6.45) is 1.68. The molecule has 4 rings (SSSR count). The van der Waals surface area contributed by atoms with Crippen molar-refractivity contribution < 1.29 is 14.4 Å². The Kier molecular flexibility index (Phi) is 3.19. The molecule has 23 heavy (non-hydrogen) atoms. The number of hydrogen-bond acceptors (Lipinski definition) is 4. The molecular formula is C18H14N2O3. The van der Waals surface area contributed by atoms with E-state index < -0.39 is 0 Å². The van der Waals surface area contributed by atoms with Gasteiger partial charge < -0.3 is 4.84 Å². The molecule has 2 aromatic rings. The minimum atomic E-state index is -0.360. The normalized spacial score (nSPS) is 18.2. The van der Waals surface area contributed by atoms with E-state index in [1.807, 2.05) is 48.5 Å². The third-order valence-electron chi connectivity index (χ3n) is 3.96. The van der Waals surface area contributed by atoms with Gasteiger partial charge in [-0.05, 0) is 31.0 Å². The molecule has 0 bridgehead atoms. The Morgan fingerprint density at radius 1 is 1.04 bits per heavy atom. The number of carbonyl (C=O) groups is 2. The highest BCUT2D eigenvalue weighted by molar-refractivity contribution is 6.55. The maximum atomic E-state index is 12.8. The molecule has 1 heterocycles. The number of rotatable bonds is 3. The van der Waals surface area contributed by atoms with Crippen LogP contribution in [0, 0.1) is 5.92 Å². The molecule has 114 valence electrons. The molecule has 0 atom stereocenters. The zero-order valence-electron chi connectivity index (χ0n) is 12.3. The van der Waals surface area contributed by atoms with Crippen LogP contribution in [0.1, 0.15) is 18.4 Å². The zero-order chi connectivity index (χ0) is 15.8. The van der Waals surface area contributed by atoms with Crippen LogP contribution in [-0.2, 0) is 14.4 Å². The maximum Gasteiger partial charge on any atom is 0.338 e. The molecule has 2 aromatic carbocycles. The van der Waals surface area contributed by atoms with Crippen LogP contribution in [0.5, 0.6) is 0 Å². The van der Waals surface area contributed by atoms with Crippen molar-refractivity contribution in [2.45, 2.75) is 12.8 Å². The molecule has 0 unspecified atom stereocenters. The smallest absolute Gasteiger partial charge is 0.317 e. The number of amides is 1. The Balaban J connectivity index is 1.72. The Morgan fingerprint density at radius 3 is 2.48 bits per heavy atom. The van der Waals surface area contributed by atoms with E-state index in [1.54, 1.807) is 11.0 Å². The lowest BCUT2D eigenvalue weighted by atomic mass is 10.1. The van der Waals surface area contributed by atoms with Gasteiger partial charge in [0, 0.05) is 11.3 Å². The molecule has 0 radical (unpaired) electrons. The van der Waals surface area contributed by atoms with Gasteiger partial charge in [-0.15, -0.1) is 0 Å². The van der Waals surface area contributed by atoms with Gasteiger partial charge in [0.1, 0.15) is 0 Å². The van der Waals surface area contributed by atoms with Gasteiger partial charge in [0.25, 0.3) is 5.91 Å². The number of benzene rings is 2. The van der Waals surface area contributed by atoms with Gasteiger partial charge in [-0.3, -0.25) is 9.69 Å². The fourth-order valence-corrected chi connectivity index (χ4v) is 2.61. The topological polar surface area (TPSA) is 59.0 Å². The molecule has 1 amide bonds. The van der Waals surface area contributed by atoms with E-state index >= 15 is 0 Å². The van der Waals surface area contributed by atoms with Crippen molar-refractivity contribution in [3.05, 3.63) is 60.2 Å². The van der Waals surface area contributed by atoms with Crippen LogP contribution in [0.25, 0.3) is 0 Å². The summed E-state index contributed by atoms with van der Waals surface area (Å²) in [5.41, 5.74) is 2.33. The summed E-state index contributed by atoms with van der Waals surface area (Å²) in [7, 11) is 0. The van der Waals surface area contributed by atoms with Crippen LogP contribution in [0.2, 0.25) is 0 Å². The Bertz CT molecular complexity index is 810. The maximum absolute atomic E-state index is 12.8. The molecule has 5 nitrogen and oxygen atoms in total. The van der Waals surface area contributed by atoms with Gasteiger partial charge in [0.2, 0.25) is 0 Å². The molecule has 2 aliphatic rings. The molecule has 0 saturated heterocycles. The van der Waals surface area contributed by atoms with E-state index in [4.69, 9.17) is 4.84 Å². The highest BCUT2D eigenvalue weighted by atomic mass is 16.7. The second-order valence-corrected chi connectivity index (χ2v) is 5.62. The zero-order valence-corrected chi connectivity index (χ0v) is 12.3. The quantitative estimate of drug-likeness (QED) is 0.647.